The first-order valence-electron chi connectivity index (χ1n) is 19.4. The zero-order chi connectivity index (χ0) is 45.2. The summed E-state index contributed by atoms with van der Waals surface area (Å²) in [6.07, 6.45) is -40.3. The number of hydrogen-bond donors (Lipinski definition) is 16. The van der Waals surface area contributed by atoms with E-state index in [9.17, 15) is 81.1 Å². The molecule has 25 atom stereocenters. The third-order valence-electron chi connectivity index (χ3n) is 11.1. The summed E-state index contributed by atoms with van der Waals surface area (Å²) in [6.45, 7) is 0.0652. The molecule has 0 bridgehead atoms. The van der Waals surface area contributed by atoms with Gasteiger partial charge in [-0.3, -0.25) is 9.59 Å². The first-order valence-corrected chi connectivity index (χ1v) is 19.4. The minimum absolute atomic E-state index is 0.681. The number of amides is 2. The summed E-state index contributed by atoms with van der Waals surface area (Å²) >= 11 is 0. The molecule has 0 spiro atoms. The van der Waals surface area contributed by atoms with Crippen molar-refractivity contribution in [3.63, 3.8) is 0 Å². The Morgan fingerprint density at radius 2 is 0.918 bits per heavy atom. The Kier molecular flexibility index (Phi) is 17.5. The van der Waals surface area contributed by atoms with Gasteiger partial charge in [0.05, 0.1) is 32.5 Å². The number of aliphatic hydroxyl groups is 14. The molecule has 5 aliphatic heterocycles. The number of carbonyl (C=O) groups excluding carboxylic acids is 2. The second-order valence-corrected chi connectivity index (χ2v) is 15.4. The van der Waals surface area contributed by atoms with Crippen molar-refractivity contribution in [2.75, 3.05) is 26.4 Å². The van der Waals surface area contributed by atoms with Gasteiger partial charge in [0, 0.05) is 13.8 Å². The van der Waals surface area contributed by atoms with Gasteiger partial charge in [0.2, 0.25) is 11.8 Å². The summed E-state index contributed by atoms with van der Waals surface area (Å²) in [4.78, 5) is 24.5. The largest absolute Gasteiger partial charge is 0.394 e. The molecule has 0 saturated carbocycles. The molecular formula is C34H58N2O25. The zero-order valence-electron chi connectivity index (χ0n) is 33.0. The highest BCUT2D eigenvalue weighted by Gasteiger charge is 2.56. The number of carbonyl (C=O) groups is 2. The first-order chi connectivity index (χ1) is 28.7. The molecule has 61 heavy (non-hydrogen) atoms. The number of ether oxygens (including phenoxy) is 9. The first kappa shape index (κ1) is 50.0. The van der Waals surface area contributed by atoms with Crippen molar-refractivity contribution in [1.82, 2.24) is 10.6 Å². The quantitative estimate of drug-likeness (QED) is 0.0770. The third-order valence-corrected chi connectivity index (χ3v) is 11.1. The van der Waals surface area contributed by atoms with Crippen LogP contribution in [0.15, 0.2) is 0 Å². The smallest absolute Gasteiger partial charge is 0.217 e. The monoisotopic (exact) mass is 894 g/mol. The number of nitrogens with one attached hydrogen (secondary N) is 2. The summed E-state index contributed by atoms with van der Waals surface area (Å²) in [5.74, 6) is -1.51. The minimum Gasteiger partial charge on any atom is -0.394 e. The maximum absolute atomic E-state index is 12.5. The molecule has 16 N–H and O–H groups in total. The Balaban J connectivity index is 1.37. The summed E-state index contributed by atoms with van der Waals surface area (Å²) in [5, 5.41) is 153. The lowest BCUT2D eigenvalue weighted by atomic mass is 9.94. The van der Waals surface area contributed by atoms with E-state index >= 15 is 0 Å². The van der Waals surface area contributed by atoms with E-state index in [1.165, 1.54) is 6.92 Å². The van der Waals surface area contributed by atoms with E-state index in [-0.39, 0.29) is 0 Å². The molecule has 5 heterocycles. The predicted molar refractivity (Wildman–Crippen MR) is 188 cm³/mol. The Morgan fingerprint density at radius 3 is 1.51 bits per heavy atom. The van der Waals surface area contributed by atoms with E-state index in [2.05, 4.69) is 10.6 Å². The maximum Gasteiger partial charge on any atom is 0.217 e. The van der Waals surface area contributed by atoms with E-state index in [0.717, 1.165) is 13.8 Å². The molecule has 5 saturated heterocycles. The molecule has 354 valence electrons. The van der Waals surface area contributed by atoms with E-state index in [1.807, 2.05) is 0 Å². The van der Waals surface area contributed by atoms with Crippen LogP contribution in [0.4, 0.5) is 0 Å². The molecule has 0 aromatic heterocycles. The maximum atomic E-state index is 12.5. The zero-order valence-corrected chi connectivity index (χ0v) is 33.0. The van der Waals surface area contributed by atoms with Crippen molar-refractivity contribution in [2.24, 2.45) is 0 Å². The molecule has 0 aromatic rings. The van der Waals surface area contributed by atoms with E-state index in [1.54, 1.807) is 0 Å². The van der Waals surface area contributed by atoms with Gasteiger partial charge < -0.3 is 125 Å². The van der Waals surface area contributed by atoms with Crippen LogP contribution in [0.2, 0.25) is 0 Å². The second kappa shape index (κ2) is 21.3. The van der Waals surface area contributed by atoms with Crippen molar-refractivity contribution >= 4 is 11.8 Å². The van der Waals surface area contributed by atoms with Gasteiger partial charge in [-0.15, -0.1) is 0 Å². The molecule has 27 nitrogen and oxygen atoms in total. The fourth-order valence-corrected chi connectivity index (χ4v) is 7.68. The van der Waals surface area contributed by atoms with Gasteiger partial charge >= 0.3 is 0 Å². The molecule has 0 aromatic carbocycles. The van der Waals surface area contributed by atoms with Gasteiger partial charge in [0.15, 0.2) is 31.5 Å². The van der Waals surface area contributed by atoms with Gasteiger partial charge in [-0.1, -0.05) is 0 Å². The topological polar surface area (TPSA) is 424 Å². The predicted octanol–water partition coefficient (Wildman–Crippen LogP) is -10.6. The van der Waals surface area contributed by atoms with Crippen LogP contribution in [0.25, 0.3) is 0 Å². The number of aliphatic hydroxyl groups excluding tert-OH is 14. The van der Waals surface area contributed by atoms with Crippen molar-refractivity contribution in [2.45, 2.75) is 174 Å². The summed E-state index contributed by atoms with van der Waals surface area (Å²) in [6, 6.07) is -3.25. The van der Waals surface area contributed by atoms with Crippen LogP contribution in [-0.4, -0.2) is 263 Å². The van der Waals surface area contributed by atoms with Crippen LogP contribution in [0, 0.1) is 0 Å². The lowest BCUT2D eigenvalue weighted by Crippen LogP contribution is -2.70. The van der Waals surface area contributed by atoms with Crippen LogP contribution >= 0.6 is 0 Å². The lowest BCUT2D eigenvalue weighted by Gasteiger charge is -2.50. The Morgan fingerprint density at radius 1 is 0.459 bits per heavy atom. The molecule has 0 unspecified atom stereocenters. The van der Waals surface area contributed by atoms with Crippen LogP contribution in [0.3, 0.4) is 0 Å². The molecule has 5 fully saturated rings. The van der Waals surface area contributed by atoms with Gasteiger partial charge in [0.1, 0.15) is 116 Å². The number of hydrogen-bond acceptors (Lipinski definition) is 25. The molecular weight excluding hydrogens is 836 g/mol. The Bertz CT molecular complexity index is 1420. The fourth-order valence-electron chi connectivity index (χ4n) is 7.68. The summed E-state index contributed by atoms with van der Waals surface area (Å²) in [7, 11) is 0. The van der Waals surface area contributed by atoms with Crippen LogP contribution in [0.1, 0.15) is 20.8 Å². The van der Waals surface area contributed by atoms with Crippen LogP contribution in [0.5, 0.6) is 0 Å². The SMILES string of the molecule is CC(=O)N[C@@H]1[C@@H](O)[C@H](O[C@@H]2O[C@H](CO)[C@@H](O[C@@H]3O[C@H](CO)[C@@H](O)[C@H](O[C@H]4O[C@H](CO)[C@@H](O)[C@H](O)[C@@H]4O)[C@@H]3O)[C@H](O)[C@H]2NC(C)=O)[C@@H](CO[C@H]2O[C@@H](C)[C@@H](O)[C@@H](O)[C@@H]2O)O[C@@H]1O. The van der Waals surface area contributed by atoms with Gasteiger partial charge in [-0.2, -0.15) is 0 Å². The third kappa shape index (κ3) is 10.9. The van der Waals surface area contributed by atoms with E-state index in [4.69, 9.17) is 42.6 Å². The average Bonchev–Trinajstić information content (AvgIpc) is 3.21. The van der Waals surface area contributed by atoms with Crippen LogP contribution < -0.4 is 10.6 Å². The van der Waals surface area contributed by atoms with Gasteiger partial charge in [0.25, 0.3) is 0 Å². The Labute approximate surface area is 346 Å². The lowest BCUT2D eigenvalue weighted by molar-refractivity contribution is -0.380. The Hall–Kier alpha value is -1.98. The molecule has 2 amide bonds. The second-order valence-electron chi connectivity index (χ2n) is 15.4. The van der Waals surface area contributed by atoms with Gasteiger partial charge in [-0.25, -0.2) is 0 Å². The molecule has 0 aliphatic carbocycles. The van der Waals surface area contributed by atoms with Crippen LogP contribution in [-0.2, 0) is 52.2 Å². The standard InChI is InChI=1S/C34H58N2O25/c1-8-17(42)22(47)24(49)32(54-8)53-7-14-28(20(45)15(30(52)55-14)35-9(2)40)59-31-16(36-10(3)41)21(46)27(13(6-39)58-31)60-34-26(51)29(19(44)12(5-38)57-34)61-33-25(50)23(48)18(43)11(4-37)56-33/h8,11-34,37-39,42-52H,4-7H2,1-3H3,(H,35,40)(H,36,41)/t8-,11+,12+,13+,14+,15+,16+,17+,18+,19+,20+,21+,22+,23-,24-,25-,26-,27+,28+,29-,30-,31-,32-,33+,34-/m0/s1. The van der Waals surface area contributed by atoms with E-state index < -0.39 is 192 Å². The highest BCUT2D eigenvalue weighted by atomic mass is 16.8. The molecule has 5 rings (SSSR count). The van der Waals surface area contributed by atoms with Crippen molar-refractivity contribution in [1.29, 1.82) is 0 Å². The molecule has 27 heteroatoms. The van der Waals surface area contributed by atoms with Crippen molar-refractivity contribution in [3.8, 4) is 0 Å². The average molecular weight is 895 g/mol. The van der Waals surface area contributed by atoms with Crippen molar-refractivity contribution in [3.05, 3.63) is 0 Å². The number of rotatable bonds is 14. The van der Waals surface area contributed by atoms with E-state index in [0.29, 0.717) is 0 Å². The van der Waals surface area contributed by atoms with Gasteiger partial charge in [-0.05, 0) is 6.92 Å². The van der Waals surface area contributed by atoms with Crippen molar-refractivity contribution < 1.29 is 124 Å². The fraction of sp³-hybridized carbons (Fsp3) is 0.941. The molecule has 5 aliphatic rings. The summed E-state index contributed by atoms with van der Waals surface area (Å²) < 4.78 is 51.0. The highest BCUT2D eigenvalue weighted by molar-refractivity contribution is 5.73. The molecule has 0 radical (unpaired) electrons. The highest BCUT2D eigenvalue weighted by Crippen LogP contribution is 2.35. The normalized spacial score (nSPS) is 49.6. The summed E-state index contributed by atoms with van der Waals surface area (Å²) in [5.41, 5.74) is 0. The minimum atomic E-state index is -2.09.